The smallest absolute Gasteiger partial charge is 0.262 e. The molecule has 1 aliphatic rings. The van der Waals surface area contributed by atoms with Crippen LogP contribution in [0.5, 0.6) is 0 Å². The summed E-state index contributed by atoms with van der Waals surface area (Å²) < 4.78 is 27.2. The van der Waals surface area contributed by atoms with Crippen molar-refractivity contribution in [1.82, 2.24) is 9.62 Å². The van der Waals surface area contributed by atoms with Crippen molar-refractivity contribution in [3.63, 3.8) is 0 Å². The van der Waals surface area contributed by atoms with Gasteiger partial charge in [-0.15, -0.1) is 11.3 Å². The number of hydrogen-bond donors (Lipinski definition) is 2. The minimum atomic E-state index is -3.54. The topological polar surface area (TPSA) is 95.6 Å². The van der Waals surface area contributed by atoms with E-state index in [0.29, 0.717) is 29.6 Å². The van der Waals surface area contributed by atoms with Gasteiger partial charge in [0, 0.05) is 18.8 Å². The molecule has 0 bridgehead atoms. The van der Waals surface area contributed by atoms with E-state index < -0.39 is 16.1 Å². The number of benzene rings is 1. The van der Waals surface area contributed by atoms with Crippen LogP contribution in [0.2, 0.25) is 0 Å². The molecule has 0 radical (unpaired) electrons. The zero-order chi connectivity index (χ0) is 22.6. The lowest BCUT2D eigenvalue weighted by molar-refractivity contribution is -0.118. The van der Waals surface area contributed by atoms with Crippen LogP contribution in [-0.4, -0.2) is 43.7 Å². The van der Waals surface area contributed by atoms with Crippen LogP contribution in [0.4, 0.5) is 5.69 Å². The van der Waals surface area contributed by atoms with Gasteiger partial charge in [-0.25, -0.2) is 8.42 Å². The minimum Gasteiger partial charge on any atom is -0.339 e. The monoisotopic (exact) mass is 463 g/mol. The Hall–Kier alpha value is -2.23. The van der Waals surface area contributed by atoms with E-state index in [0.717, 1.165) is 12.8 Å². The van der Waals surface area contributed by atoms with Crippen molar-refractivity contribution < 1.29 is 18.0 Å². The zero-order valence-corrected chi connectivity index (χ0v) is 19.6. The molecule has 2 N–H and O–H groups in total. The first-order valence-electron chi connectivity index (χ1n) is 10.4. The molecule has 1 atom stereocenters. The Balaban J connectivity index is 1.66. The summed E-state index contributed by atoms with van der Waals surface area (Å²) in [5.74, 6) is -0.218. The average Bonchev–Trinajstić information content (AvgIpc) is 3.27. The second kappa shape index (κ2) is 9.93. The molecule has 9 heteroatoms. The first kappa shape index (κ1) is 23.4. The second-order valence-corrected chi connectivity index (χ2v) is 11.2. The molecule has 168 valence electrons. The van der Waals surface area contributed by atoms with Gasteiger partial charge in [0.25, 0.3) is 5.91 Å². The van der Waals surface area contributed by atoms with Crippen LogP contribution in [0.25, 0.3) is 0 Å². The van der Waals surface area contributed by atoms with Crippen LogP contribution >= 0.6 is 11.3 Å². The summed E-state index contributed by atoms with van der Waals surface area (Å²) in [6.45, 7) is 6.90. The maximum Gasteiger partial charge on any atom is 0.262 e. The molecular formula is C22H29N3O4S2. The minimum absolute atomic E-state index is 0.120. The Labute approximate surface area is 187 Å². The molecule has 2 aromatic rings. The van der Waals surface area contributed by atoms with E-state index in [9.17, 15) is 18.0 Å². The highest BCUT2D eigenvalue weighted by molar-refractivity contribution is 7.89. The summed E-state index contributed by atoms with van der Waals surface area (Å²) in [5, 5.41) is 7.36. The Bertz CT molecular complexity index is 994. The highest BCUT2D eigenvalue weighted by Gasteiger charge is 2.28. The fourth-order valence-corrected chi connectivity index (χ4v) is 5.56. The van der Waals surface area contributed by atoms with E-state index in [4.69, 9.17) is 0 Å². The van der Waals surface area contributed by atoms with Gasteiger partial charge in [-0.2, -0.15) is 4.31 Å². The molecular weight excluding hydrogens is 434 g/mol. The van der Waals surface area contributed by atoms with Gasteiger partial charge in [0.1, 0.15) is 6.04 Å². The van der Waals surface area contributed by atoms with Crippen molar-refractivity contribution in [2.75, 3.05) is 18.4 Å². The van der Waals surface area contributed by atoms with Gasteiger partial charge in [0.2, 0.25) is 15.9 Å². The lowest BCUT2D eigenvalue weighted by atomic mass is 10.0. The number of amides is 2. The van der Waals surface area contributed by atoms with Gasteiger partial charge in [-0.3, -0.25) is 9.59 Å². The van der Waals surface area contributed by atoms with Gasteiger partial charge in [-0.1, -0.05) is 26.8 Å². The van der Waals surface area contributed by atoms with E-state index in [-0.39, 0.29) is 22.6 Å². The molecule has 0 spiro atoms. The van der Waals surface area contributed by atoms with Crippen LogP contribution in [0.1, 0.15) is 43.3 Å². The molecule has 31 heavy (non-hydrogen) atoms. The predicted molar refractivity (Wildman–Crippen MR) is 123 cm³/mol. The lowest BCUT2D eigenvalue weighted by Crippen LogP contribution is -2.46. The Morgan fingerprint density at radius 2 is 1.74 bits per heavy atom. The van der Waals surface area contributed by atoms with E-state index in [1.54, 1.807) is 29.6 Å². The quantitative estimate of drug-likeness (QED) is 0.656. The molecule has 1 fully saturated rings. The molecule has 1 aromatic carbocycles. The van der Waals surface area contributed by atoms with Gasteiger partial charge in [-0.05, 0) is 60.4 Å². The van der Waals surface area contributed by atoms with Crippen LogP contribution in [0.3, 0.4) is 0 Å². The van der Waals surface area contributed by atoms with E-state index in [2.05, 4.69) is 17.6 Å². The number of thiophene rings is 1. The number of hydrogen-bond acceptors (Lipinski definition) is 5. The molecule has 1 saturated heterocycles. The predicted octanol–water partition coefficient (Wildman–Crippen LogP) is 3.56. The highest BCUT2D eigenvalue weighted by atomic mass is 32.2. The fourth-order valence-electron chi connectivity index (χ4n) is 3.46. The summed E-state index contributed by atoms with van der Waals surface area (Å²) >= 11 is 1.31. The standard InChI is InChI=1S/C22H29N3O4S2/c1-15(2)20(24-21(26)19-5-4-14-30-19)22(27)23-17-6-8-18(9-7-17)31(28,29)25-12-10-16(3)11-13-25/h4-9,14-16,20H,10-13H2,1-3H3,(H,23,27)(H,24,26). The van der Waals surface area contributed by atoms with Gasteiger partial charge < -0.3 is 10.6 Å². The first-order chi connectivity index (χ1) is 14.7. The number of carbonyl (C=O) groups excluding carboxylic acids is 2. The highest BCUT2D eigenvalue weighted by Crippen LogP contribution is 2.24. The molecule has 1 unspecified atom stereocenters. The molecule has 2 heterocycles. The number of nitrogens with zero attached hydrogens (tertiary/aromatic N) is 1. The number of sulfonamides is 1. The average molecular weight is 464 g/mol. The molecule has 2 amide bonds. The largest absolute Gasteiger partial charge is 0.339 e. The molecule has 3 rings (SSSR count). The SMILES string of the molecule is CC1CCN(S(=O)(=O)c2ccc(NC(=O)C(NC(=O)c3cccs3)C(C)C)cc2)CC1. The number of rotatable bonds is 7. The molecule has 1 aromatic heterocycles. The molecule has 0 aliphatic carbocycles. The van der Waals surface area contributed by atoms with Crippen LogP contribution in [0.15, 0.2) is 46.7 Å². The van der Waals surface area contributed by atoms with Crippen LogP contribution < -0.4 is 10.6 Å². The molecule has 0 saturated carbocycles. The fraction of sp³-hybridized carbons (Fsp3) is 0.455. The van der Waals surface area contributed by atoms with Gasteiger partial charge >= 0.3 is 0 Å². The van der Waals surface area contributed by atoms with Crippen molar-refractivity contribution in [2.24, 2.45) is 11.8 Å². The number of carbonyl (C=O) groups is 2. The number of nitrogens with one attached hydrogen (secondary N) is 2. The van der Waals surface area contributed by atoms with Crippen molar-refractivity contribution in [3.8, 4) is 0 Å². The maximum atomic E-state index is 12.9. The Morgan fingerprint density at radius 3 is 2.29 bits per heavy atom. The summed E-state index contributed by atoms with van der Waals surface area (Å²) in [6.07, 6.45) is 1.72. The van der Waals surface area contributed by atoms with Gasteiger partial charge in [0.05, 0.1) is 9.77 Å². The lowest BCUT2D eigenvalue weighted by Gasteiger charge is -2.29. The Morgan fingerprint density at radius 1 is 1.10 bits per heavy atom. The Kier molecular flexibility index (Phi) is 7.51. The number of piperidine rings is 1. The normalized spacial score (nSPS) is 16.8. The van der Waals surface area contributed by atoms with Crippen molar-refractivity contribution in [1.29, 1.82) is 0 Å². The maximum absolute atomic E-state index is 12.9. The summed E-state index contributed by atoms with van der Waals surface area (Å²) in [4.78, 5) is 25.9. The summed E-state index contributed by atoms with van der Waals surface area (Å²) in [7, 11) is -3.54. The van der Waals surface area contributed by atoms with E-state index in [1.165, 1.54) is 27.8 Å². The zero-order valence-electron chi connectivity index (χ0n) is 18.0. The van der Waals surface area contributed by atoms with E-state index in [1.807, 2.05) is 13.8 Å². The van der Waals surface area contributed by atoms with Crippen LogP contribution in [0, 0.1) is 11.8 Å². The van der Waals surface area contributed by atoms with E-state index >= 15 is 0 Å². The first-order valence-corrected chi connectivity index (χ1v) is 12.8. The van der Waals surface area contributed by atoms with Crippen molar-refractivity contribution >= 4 is 38.9 Å². The summed E-state index contributed by atoms with van der Waals surface area (Å²) in [5.41, 5.74) is 0.479. The van der Waals surface area contributed by atoms with Gasteiger partial charge in [0.15, 0.2) is 0 Å². The third-order valence-corrected chi connectivity index (χ3v) is 8.26. The number of anilines is 1. The van der Waals surface area contributed by atoms with Crippen LogP contribution in [-0.2, 0) is 14.8 Å². The van der Waals surface area contributed by atoms with Crippen molar-refractivity contribution in [2.45, 2.75) is 44.6 Å². The van der Waals surface area contributed by atoms with Crippen molar-refractivity contribution in [3.05, 3.63) is 46.7 Å². The third kappa shape index (κ3) is 5.72. The summed E-state index contributed by atoms with van der Waals surface area (Å²) in [6, 6.07) is 8.95. The molecule has 1 aliphatic heterocycles. The second-order valence-electron chi connectivity index (χ2n) is 8.27. The molecule has 7 nitrogen and oxygen atoms in total. The third-order valence-electron chi connectivity index (χ3n) is 5.48.